The van der Waals surface area contributed by atoms with Gasteiger partial charge in [0.05, 0.1) is 0 Å². The molecule has 1 aliphatic heterocycles. The van der Waals surface area contributed by atoms with Crippen LogP contribution in [0.1, 0.15) is 45.2 Å². The maximum Gasteiger partial charge on any atom is 0.126 e. The Bertz CT molecular complexity index is 923. The average molecular weight is 416 g/mol. The van der Waals surface area contributed by atoms with Crippen molar-refractivity contribution in [1.29, 1.82) is 0 Å². The molecule has 1 unspecified atom stereocenters. The zero-order valence-corrected chi connectivity index (χ0v) is 19.3. The molecule has 2 aromatic carbocycles. The number of allylic oxidation sites excluding steroid dienone is 2. The average Bonchev–Trinajstić information content (AvgIpc) is 2.85. The van der Waals surface area contributed by atoms with Gasteiger partial charge in [0.25, 0.3) is 0 Å². The van der Waals surface area contributed by atoms with Gasteiger partial charge in [0, 0.05) is 5.16 Å². The summed E-state index contributed by atoms with van der Waals surface area (Å²) in [7, 11) is 0.529. The molecule has 0 N–H and O–H groups in total. The maximum absolute atomic E-state index is 14.3. The first-order valence-electron chi connectivity index (χ1n) is 9.68. The topological polar surface area (TPSA) is 0 Å². The molecule has 1 heterocycles. The molecule has 1 aliphatic rings. The zero-order chi connectivity index (χ0) is 20.6. The summed E-state index contributed by atoms with van der Waals surface area (Å²) in [5.41, 5.74) is 4.25. The highest BCUT2D eigenvalue weighted by Gasteiger charge is 2.33. The van der Waals surface area contributed by atoms with Gasteiger partial charge in [-0.3, -0.25) is 0 Å². The summed E-state index contributed by atoms with van der Waals surface area (Å²) in [6.07, 6.45) is 1.93. The molecule has 0 aliphatic carbocycles. The van der Waals surface area contributed by atoms with Gasteiger partial charge in [-0.2, -0.15) is 0 Å². The van der Waals surface area contributed by atoms with Crippen LogP contribution in [0.3, 0.4) is 0 Å². The van der Waals surface area contributed by atoms with E-state index < -0.39 is 7.92 Å². The fraction of sp³-hybridized carbons (Fsp3) is 0.375. The molecule has 2 aromatic rings. The summed E-state index contributed by atoms with van der Waals surface area (Å²) in [4.78, 5) is 0. The van der Waals surface area contributed by atoms with Crippen LogP contribution < -0.4 is 10.6 Å². The minimum Gasteiger partial charge on any atom is -0.207 e. The van der Waals surface area contributed by atoms with Crippen LogP contribution in [0.5, 0.6) is 0 Å². The molecular formula is C24H28F2P2. The lowest BCUT2D eigenvalue weighted by Gasteiger charge is -2.29. The molecule has 1 atom stereocenters. The van der Waals surface area contributed by atoms with Crippen LogP contribution in [0.15, 0.2) is 47.5 Å². The third-order valence-electron chi connectivity index (χ3n) is 6.21. The van der Waals surface area contributed by atoms with Gasteiger partial charge in [-0.15, -0.1) is 0 Å². The molecule has 3 rings (SSSR count). The van der Waals surface area contributed by atoms with E-state index in [1.54, 1.807) is 12.1 Å². The van der Waals surface area contributed by atoms with Crippen molar-refractivity contribution in [1.82, 2.24) is 0 Å². The third-order valence-corrected chi connectivity index (χ3v) is 10.7. The summed E-state index contributed by atoms with van der Waals surface area (Å²) in [6, 6.07) is 10.6. The molecule has 4 heteroatoms. The fourth-order valence-electron chi connectivity index (χ4n) is 3.93. The molecule has 0 bridgehead atoms. The van der Waals surface area contributed by atoms with E-state index in [0.717, 1.165) is 23.2 Å². The van der Waals surface area contributed by atoms with Crippen LogP contribution in [0, 0.1) is 25.5 Å². The normalized spacial score (nSPS) is 20.1. The Morgan fingerprint density at radius 2 is 1.36 bits per heavy atom. The zero-order valence-electron chi connectivity index (χ0n) is 17.5. The van der Waals surface area contributed by atoms with Crippen molar-refractivity contribution in [3.8, 4) is 0 Å². The van der Waals surface area contributed by atoms with Crippen LogP contribution in [-0.2, 0) is 0 Å². The quantitative estimate of drug-likeness (QED) is 0.479. The Balaban J connectivity index is 2.03. The fourth-order valence-corrected chi connectivity index (χ4v) is 8.71. The van der Waals surface area contributed by atoms with E-state index in [1.165, 1.54) is 36.8 Å². The lowest BCUT2D eigenvalue weighted by molar-refractivity contribution is 0.620. The van der Waals surface area contributed by atoms with Crippen molar-refractivity contribution < 1.29 is 8.78 Å². The van der Waals surface area contributed by atoms with Crippen LogP contribution in [-0.4, -0.2) is 16.6 Å². The van der Waals surface area contributed by atoms with E-state index in [1.807, 2.05) is 26.0 Å². The van der Waals surface area contributed by atoms with Crippen LogP contribution in [0.25, 0.3) is 0 Å². The maximum atomic E-state index is 14.3. The number of halogens is 2. The summed E-state index contributed by atoms with van der Waals surface area (Å²) in [5.74, 6) is -0.360. The smallest absolute Gasteiger partial charge is 0.126 e. The van der Waals surface area contributed by atoms with Crippen LogP contribution >= 0.6 is 16.1 Å². The summed E-state index contributed by atoms with van der Waals surface area (Å²) in [6.45, 7) is 12.7. The van der Waals surface area contributed by atoms with Gasteiger partial charge in [-0.25, -0.2) is 8.78 Å². The van der Waals surface area contributed by atoms with Crippen molar-refractivity contribution in [2.75, 3.05) is 6.16 Å². The molecule has 0 nitrogen and oxygen atoms in total. The molecular weight excluding hydrogens is 388 g/mol. The Labute approximate surface area is 170 Å². The number of benzene rings is 2. The molecule has 148 valence electrons. The molecule has 28 heavy (non-hydrogen) atoms. The first kappa shape index (κ1) is 21.4. The van der Waals surface area contributed by atoms with Gasteiger partial charge in [-0.05, 0) is 107 Å². The number of rotatable bonds is 5. The SMILES string of the molecule is CC1=PC(C)(CCP(c2cccc(F)c2C)c2cccc(F)c2C)C(C)=C1C. The number of hydrogen-bond acceptors (Lipinski definition) is 0. The Hall–Kier alpha value is -1.36. The van der Waals surface area contributed by atoms with Crippen molar-refractivity contribution in [2.45, 2.75) is 53.1 Å². The van der Waals surface area contributed by atoms with Gasteiger partial charge in [0.15, 0.2) is 0 Å². The predicted octanol–water partition coefficient (Wildman–Crippen LogP) is 6.65. The van der Waals surface area contributed by atoms with E-state index >= 15 is 0 Å². The van der Waals surface area contributed by atoms with Gasteiger partial charge < -0.3 is 0 Å². The summed E-state index contributed by atoms with van der Waals surface area (Å²) >= 11 is 0. The van der Waals surface area contributed by atoms with Crippen molar-refractivity contribution in [3.63, 3.8) is 0 Å². The van der Waals surface area contributed by atoms with Gasteiger partial charge >= 0.3 is 0 Å². The highest BCUT2D eigenvalue weighted by atomic mass is 31.1. The minimum absolute atomic E-state index is 0.108. The van der Waals surface area contributed by atoms with Crippen molar-refractivity contribution in [2.24, 2.45) is 0 Å². The molecule has 0 radical (unpaired) electrons. The van der Waals surface area contributed by atoms with Crippen molar-refractivity contribution >= 4 is 32.0 Å². The molecule has 0 aromatic heterocycles. The second-order valence-electron chi connectivity index (χ2n) is 7.89. The largest absolute Gasteiger partial charge is 0.207 e. The number of hydrogen-bond donors (Lipinski definition) is 0. The summed E-state index contributed by atoms with van der Waals surface area (Å²) < 4.78 is 28.7. The van der Waals surface area contributed by atoms with E-state index in [9.17, 15) is 8.78 Å². The molecule has 0 saturated carbocycles. The first-order valence-corrected chi connectivity index (χ1v) is 12.1. The monoisotopic (exact) mass is 416 g/mol. The van der Waals surface area contributed by atoms with Gasteiger partial charge in [-0.1, -0.05) is 38.0 Å². The van der Waals surface area contributed by atoms with Gasteiger partial charge in [0.2, 0.25) is 0 Å². The lowest BCUT2D eigenvalue weighted by Crippen LogP contribution is -2.25. The highest BCUT2D eigenvalue weighted by Crippen LogP contribution is 2.48. The van der Waals surface area contributed by atoms with E-state index in [0.29, 0.717) is 11.1 Å². The first-order chi connectivity index (χ1) is 13.2. The van der Waals surface area contributed by atoms with E-state index in [2.05, 4.69) is 27.7 Å². The summed E-state index contributed by atoms with van der Waals surface area (Å²) in [5, 5.41) is 3.60. The second-order valence-corrected chi connectivity index (χ2v) is 12.0. The predicted molar refractivity (Wildman–Crippen MR) is 122 cm³/mol. The molecule has 0 fully saturated rings. The molecule has 0 amide bonds. The molecule has 0 spiro atoms. The van der Waals surface area contributed by atoms with E-state index in [-0.39, 0.29) is 16.8 Å². The van der Waals surface area contributed by atoms with Gasteiger partial charge in [0.1, 0.15) is 11.6 Å². The lowest BCUT2D eigenvalue weighted by atomic mass is 9.94. The third kappa shape index (κ3) is 3.87. The Morgan fingerprint density at radius 1 is 0.857 bits per heavy atom. The Morgan fingerprint density at radius 3 is 1.79 bits per heavy atom. The van der Waals surface area contributed by atoms with E-state index in [4.69, 9.17) is 0 Å². The highest BCUT2D eigenvalue weighted by molar-refractivity contribution is 7.73. The standard InChI is InChI=1S/C24H28F2P2/c1-15-18(4)24(6,27-19(15)5)13-14-28(22-11-7-9-20(25)16(22)2)23-12-8-10-21(26)17(23)3/h7-12H,13-14H2,1-6H3. The second kappa shape index (κ2) is 8.17. The van der Waals surface area contributed by atoms with Crippen LogP contribution in [0.2, 0.25) is 0 Å². The minimum atomic E-state index is -0.837. The molecule has 0 saturated heterocycles. The Kier molecular flexibility index (Phi) is 6.23. The van der Waals surface area contributed by atoms with Crippen molar-refractivity contribution in [3.05, 3.63) is 70.3 Å². The van der Waals surface area contributed by atoms with Crippen LogP contribution in [0.4, 0.5) is 8.78 Å².